The highest BCUT2D eigenvalue weighted by Crippen LogP contribution is 2.47. The molecule has 234 valence electrons. The number of ether oxygens (including phenoxy) is 2. The number of ketones is 2. The van der Waals surface area contributed by atoms with E-state index in [0.29, 0.717) is 5.56 Å². The Balaban J connectivity index is 1.46. The average Bonchev–Trinajstić information content (AvgIpc) is 3.01. The number of carboxylic acid groups (broad SMARTS) is 1. The van der Waals surface area contributed by atoms with E-state index in [1.807, 2.05) is 6.07 Å². The topological polar surface area (TPSA) is 139 Å². The first kappa shape index (κ1) is 31.4. The van der Waals surface area contributed by atoms with Gasteiger partial charge in [-0.25, -0.2) is 4.79 Å². The zero-order valence-electron chi connectivity index (χ0n) is 23.3. The SMILES string of the molecule is O=C(/C=C(\C(=O)c1ccc(C(=O)NCC(O)C(=O)O)cc1)c1ccc2c(c1)CCCC2)c1ccc2c(c1)OC(F)(F)C(F)(F)O2. The second-order valence-electron chi connectivity index (χ2n) is 10.5. The summed E-state index contributed by atoms with van der Waals surface area (Å²) >= 11 is 0. The number of aliphatic hydroxyl groups is 1. The van der Waals surface area contributed by atoms with Crippen LogP contribution in [0.2, 0.25) is 0 Å². The molecule has 0 saturated carbocycles. The number of halogens is 4. The molecule has 3 N–H and O–H groups in total. The summed E-state index contributed by atoms with van der Waals surface area (Å²) < 4.78 is 62.8. The van der Waals surface area contributed by atoms with Gasteiger partial charge < -0.3 is 25.0 Å². The minimum absolute atomic E-state index is 0.0538. The highest BCUT2D eigenvalue weighted by Gasteiger charge is 2.66. The molecular formula is C32H25F4NO8. The normalized spacial score (nSPS) is 17.0. The largest absolute Gasteiger partial charge is 0.507 e. The van der Waals surface area contributed by atoms with Crippen molar-refractivity contribution in [1.82, 2.24) is 5.32 Å². The Morgan fingerprint density at radius 3 is 2.02 bits per heavy atom. The first-order chi connectivity index (χ1) is 21.3. The number of fused-ring (bicyclic) bond motifs is 2. The number of allylic oxidation sites excluding steroid dienone is 2. The molecule has 1 aliphatic heterocycles. The van der Waals surface area contributed by atoms with Gasteiger partial charge in [-0.05, 0) is 78.8 Å². The van der Waals surface area contributed by atoms with Gasteiger partial charge in [0.25, 0.3) is 5.91 Å². The van der Waals surface area contributed by atoms with Crippen molar-refractivity contribution in [2.45, 2.75) is 44.0 Å². The second kappa shape index (κ2) is 12.2. The van der Waals surface area contributed by atoms with Gasteiger partial charge in [-0.3, -0.25) is 14.4 Å². The number of aliphatic carboxylic acids is 1. The smallest absolute Gasteiger partial charge is 0.479 e. The van der Waals surface area contributed by atoms with Crippen molar-refractivity contribution in [1.29, 1.82) is 0 Å². The van der Waals surface area contributed by atoms with Gasteiger partial charge in [-0.1, -0.05) is 30.3 Å². The molecule has 1 unspecified atom stereocenters. The van der Waals surface area contributed by atoms with Crippen molar-refractivity contribution in [2.24, 2.45) is 0 Å². The number of alkyl halides is 4. The fraction of sp³-hybridized carbons (Fsp3) is 0.250. The quantitative estimate of drug-likeness (QED) is 0.174. The first-order valence-electron chi connectivity index (χ1n) is 13.8. The summed E-state index contributed by atoms with van der Waals surface area (Å²) in [7, 11) is 0. The van der Waals surface area contributed by atoms with Crippen LogP contribution >= 0.6 is 0 Å². The second-order valence-corrected chi connectivity index (χ2v) is 10.5. The van der Waals surface area contributed by atoms with Crippen LogP contribution in [0.5, 0.6) is 11.5 Å². The molecule has 0 aromatic heterocycles. The highest BCUT2D eigenvalue weighted by molar-refractivity contribution is 6.32. The molecule has 2 aliphatic rings. The van der Waals surface area contributed by atoms with Gasteiger partial charge >= 0.3 is 18.2 Å². The Bertz CT molecular complexity index is 1720. The van der Waals surface area contributed by atoms with Crippen LogP contribution in [0.4, 0.5) is 17.6 Å². The number of carbonyl (C=O) groups excluding carboxylic acids is 3. The fourth-order valence-corrected chi connectivity index (χ4v) is 4.92. The summed E-state index contributed by atoms with van der Waals surface area (Å²) in [5, 5.41) is 20.4. The molecule has 1 heterocycles. The van der Waals surface area contributed by atoms with Gasteiger partial charge in [0.15, 0.2) is 29.2 Å². The molecule has 0 saturated heterocycles. The van der Waals surface area contributed by atoms with E-state index in [1.165, 1.54) is 24.3 Å². The van der Waals surface area contributed by atoms with Gasteiger partial charge in [-0.15, -0.1) is 0 Å². The summed E-state index contributed by atoms with van der Waals surface area (Å²) in [6.07, 6.45) is -7.13. The molecule has 3 aromatic rings. The zero-order valence-corrected chi connectivity index (χ0v) is 23.3. The number of nitrogens with one attached hydrogen (secondary N) is 1. The first-order valence-corrected chi connectivity index (χ1v) is 13.8. The maximum Gasteiger partial charge on any atom is 0.507 e. The van der Waals surface area contributed by atoms with Crippen molar-refractivity contribution in [3.63, 3.8) is 0 Å². The Morgan fingerprint density at radius 2 is 1.36 bits per heavy atom. The summed E-state index contributed by atoms with van der Waals surface area (Å²) in [6, 6.07) is 13.4. The summed E-state index contributed by atoms with van der Waals surface area (Å²) in [6.45, 7) is -0.540. The Morgan fingerprint density at radius 1 is 0.778 bits per heavy atom. The van der Waals surface area contributed by atoms with Crippen LogP contribution in [-0.2, 0) is 17.6 Å². The molecule has 3 aromatic carbocycles. The van der Waals surface area contributed by atoms with E-state index in [4.69, 9.17) is 5.11 Å². The van der Waals surface area contributed by atoms with Gasteiger partial charge in [0.2, 0.25) is 0 Å². The molecule has 0 fully saturated rings. The van der Waals surface area contributed by atoms with Crippen molar-refractivity contribution in [3.8, 4) is 11.5 Å². The van der Waals surface area contributed by atoms with Crippen molar-refractivity contribution >= 4 is 29.0 Å². The maximum atomic E-state index is 13.8. The number of hydrogen-bond acceptors (Lipinski definition) is 7. The van der Waals surface area contributed by atoms with E-state index in [9.17, 15) is 41.8 Å². The average molecular weight is 628 g/mol. The number of hydrogen-bond donors (Lipinski definition) is 3. The fourth-order valence-electron chi connectivity index (χ4n) is 4.92. The van der Waals surface area contributed by atoms with E-state index in [1.54, 1.807) is 12.1 Å². The molecule has 9 nitrogen and oxygen atoms in total. The van der Waals surface area contributed by atoms with Gasteiger partial charge in [0.05, 0.1) is 6.54 Å². The third-order valence-electron chi connectivity index (χ3n) is 7.37. The van der Waals surface area contributed by atoms with Crippen LogP contribution < -0.4 is 14.8 Å². The van der Waals surface area contributed by atoms with E-state index < -0.39 is 59.8 Å². The van der Waals surface area contributed by atoms with Gasteiger partial charge in [0.1, 0.15) is 0 Å². The van der Waals surface area contributed by atoms with E-state index in [-0.39, 0.29) is 22.3 Å². The molecule has 13 heteroatoms. The minimum Gasteiger partial charge on any atom is -0.479 e. The molecule has 1 amide bonds. The summed E-state index contributed by atoms with van der Waals surface area (Å²) in [4.78, 5) is 50.3. The van der Waals surface area contributed by atoms with Gasteiger partial charge in [0, 0.05) is 22.3 Å². The van der Waals surface area contributed by atoms with Crippen molar-refractivity contribution in [2.75, 3.05) is 6.54 Å². The Kier molecular flexibility index (Phi) is 8.48. The summed E-state index contributed by atoms with van der Waals surface area (Å²) in [5.41, 5.74) is 2.37. The number of Topliss-reactive ketones (excluding diaryl/α,β-unsaturated/α-hetero) is 1. The highest BCUT2D eigenvalue weighted by atomic mass is 19.3. The van der Waals surface area contributed by atoms with Crippen LogP contribution in [0.1, 0.15) is 60.6 Å². The molecule has 0 radical (unpaired) electrons. The number of aliphatic hydroxyl groups excluding tert-OH is 1. The number of rotatable bonds is 9. The number of carbonyl (C=O) groups is 4. The van der Waals surface area contributed by atoms with Crippen molar-refractivity contribution < 1.29 is 56.4 Å². The molecule has 5 rings (SSSR count). The van der Waals surface area contributed by atoms with Crippen LogP contribution in [-0.4, -0.2) is 58.5 Å². The Labute approximate surface area is 253 Å². The lowest BCUT2D eigenvalue weighted by molar-refractivity contribution is -0.391. The number of benzene rings is 3. The number of aryl methyl sites for hydroxylation is 2. The number of carboxylic acids is 1. The molecule has 1 aliphatic carbocycles. The predicted octanol–water partition coefficient (Wildman–Crippen LogP) is 4.85. The molecule has 0 bridgehead atoms. The molecular weight excluding hydrogens is 602 g/mol. The lowest BCUT2D eigenvalue weighted by Gasteiger charge is -2.31. The van der Waals surface area contributed by atoms with Crippen molar-refractivity contribution in [3.05, 3.63) is 100 Å². The molecule has 45 heavy (non-hydrogen) atoms. The lowest BCUT2D eigenvalue weighted by atomic mass is 9.87. The van der Waals surface area contributed by atoms with Crippen LogP contribution in [0.15, 0.2) is 66.7 Å². The van der Waals surface area contributed by atoms with E-state index >= 15 is 0 Å². The molecule has 0 spiro atoms. The van der Waals surface area contributed by atoms with Gasteiger partial charge in [-0.2, -0.15) is 17.6 Å². The van der Waals surface area contributed by atoms with Crippen LogP contribution in [0, 0.1) is 0 Å². The van der Waals surface area contributed by atoms with E-state index in [2.05, 4.69) is 14.8 Å². The zero-order chi connectivity index (χ0) is 32.5. The third-order valence-corrected chi connectivity index (χ3v) is 7.37. The lowest BCUT2D eigenvalue weighted by Crippen LogP contribution is -2.52. The monoisotopic (exact) mass is 627 g/mol. The van der Waals surface area contributed by atoms with E-state index in [0.717, 1.165) is 61.1 Å². The minimum atomic E-state index is -4.99. The van der Waals surface area contributed by atoms with Crippen LogP contribution in [0.3, 0.4) is 0 Å². The summed E-state index contributed by atoms with van der Waals surface area (Å²) in [5.74, 6) is -5.11. The molecule has 1 atom stereocenters. The number of amides is 1. The standard InChI is InChI=1S/C32H25F4NO8/c33-31(34)32(35,36)45-27-14-22(11-12-26(27)44-31)24(38)15-23(21-10-5-17-3-1-2-4-20(17)13-21)28(40)18-6-8-19(9-7-18)29(41)37-16-25(39)30(42)43/h5-15,25,39H,1-4,16H2,(H,37,41)(H,42,43)/b23-15-. The maximum absolute atomic E-state index is 13.8. The van der Waals surface area contributed by atoms with Crippen LogP contribution in [0.25, 0.3) is 5.57 Å². The predicted molar refractivity (Wildman–Crippen MR) is 150 cm³/mol. The Hall–Kier alpha value is -5.04. The third kappa shape index (κ3) is 6.58.